The number of pyridine rings is 1. The van der Waals surface area contributed by atoms with Gasteiger partial charge in [-0.2, -0.15) is 23.5 Å². The maximum absolute atomic E-state index is 13.6. The Bertz CT molecular complexity index is 865. The second-order valence-electron chi connectivity index (χ2n) is 6.99. The lowest BCUT2D eigenvalue weighted by atomic mass is 10.0. The number of rotatable bonds is 5. The molecule has 2 aromatic rings. The fraction of sp³-hybridized carbons (Fsp3) is 0.500. The monoisotopic (exact) mass is 378 g/mol. The molecule has 0 N–H and O–H groups in total. The molecule has 0 bridgehead atoms. The van der Waals surface area contributed by atoms with E-state index in [1.807, 2.05) is 25.9 Å². The zero-order valence-corrected chi connectivity index (χ0v) is 15.5. The van der Waals surface area contributed by atoms with Crippen LogP contribution in [0.3, 0.4) is 0 Å². The van der Waals surface area contributed by atoms with Gasteiger partial charge in [0.05, 0.1) is 24.0 Å². The summed E-state index contributed by atoms with van der Waals surface area (Å²) in [7, 11) is 3.87. The van der Waals surface area contributed by atoms with Crippen LogP contribution in [0, 0.1) is 11.3 Å². The Morgan fingerprint density at radius 1 is 1.37 bits per heavy atom. The first kappa shape index (κ1) is 19.2. The highest BCUT2D eigenvalue weighted by atomic mass is 19.4. The molecule has 0 unspecified atom stereocenters. The van der Waals surface area contributed by atoms with Crippen molar-refractivity contribution in [1.82, 2.24) is 19.7 Å². The molecule has 0 spiro atoms. The first-order valence-corrected chi connectivity index (χ1v) is 8.67. The van der Waals surface area contributed by atoms with Gasteiger partial charge in [-0.05, 0) is 33.5 Å². The molecule has 1 aliphatic rings. The number of alkyl halides is 3. The summed E-state index contributed by atoms with van der Waals surface area (Å²) in [5.74, 6) is 0.0992. The molecule has 0 radical (unpaired) electrons. The molecule has 3 heterocycles. The molecule has 0 saturated carbocycles. The maximum atomic E-state index is 13.6. The van der Waals surface area contributed by atoms with E-state index in [1.165, 1.54) is 6.20 Å². The molecule has 0 aliphatic carbocycles. The van der Waals surface area contributed by atoms with Crippen molar-refractivity contribution in [1.29, 1.82) is 5.26 Å². The smallest absolute Gasteiger partial charge is 0.353 e. The van der Waals surface area contributed by atoms with Crippen LogP contribution in [-0.4, -0.2) is 52.9 Å². The number of hydrogen-bond acceptors (Lipinski definition) is 5. The van der Waals surface area contributed by atoms with Crippen molar-refractivity contribution in [3.63, 3.8) is 0 Å². The fourth-order valence-corrected chi connectivity index (χ4v) is 2.97. The highest BCUT2D eigenvalue weighted by Crippen LogP contribution is 2.39. The van der Waals surface area contributed by atoms with Crippen LogP contribution in [0.4, 0.5) is 19.0 Å². The van der Waals surface area contributed by atoms with Gasteiger partial charge < -0.3 is 9.80 Å². The van der Waals surface area contributed by atoms with Crippen molar-refractivity contribution in [2.24, 2.45) is 0 Å². The zero-order chi connectivity index (χ0) is 19.8. The van der Waals surface area contributed by atoms with Crippen molar-refractivity contribution < 1.29 is 13.2 Å². The number of aromatic nitrogens is 3. The van der Waals surface area contributed by atoms with Crippen LogP contribution in [0.5, 0.6) is 0 Å². The van der Waals surface area contributed by atoms with Gasteiger partial charge in [-0.1, -0.05) is 0 Å². The quantitative estimate of drug-likeness (QED) is 0.801. The van der Waals surface area contributed by atoms with Crippen LogP contribution in [0.15, 0.2) is 18.5 Å². The predicted octanol–water partition coefficient (Wildman–Crippen LogP) is 3.00. The van der Waals surface area contributed by atoms with E-state index in [-0.39, 0.29) is 17.6 Å². The van der Waals surface area contributed by atoms with Gasteiger partial charge in [0.1, 0.15) is 17.5 Å². The molecule has 0 aromatic carbocycles. The van der Waals surface area contributed by atoms with Crippen LogP contribution in [0.25, 0.3) is 11.3 Å². The SMILES string of the molecule is C[C@H]1CCN1c1nc(-c2cnn(CCN(C)C)c2)cc(C(F)(F)F)c1C#N. The first-order valence-electron chi connectivity index (χ1n) is 8.67. The minimum atomic E-state index is -4.63. The number of likely N-dealkylation sites (N-methyl/N-ethyl adjacent to an activating group) is 1. The second kappa shape index (κ2) is 7.19. The largest absolute Gasteiger partial charge is 0.417 e. The van der Waals surface area contributed by atoms with Crippen LogP contribution >= 0.6 is 0 Å². The van der Waals surface area contributed by atoms with Crippen LogP contribution in [0.2, 0.25) is 0 Å². The second-order valence-corrected chi connectivity index (χ2v) is 6.99. The predicted molar refractivity (Wildman–Crippen MR) is 95.2 cm³/mol. The average molecular weight is 378 g/mol. The topological polar surface area (TPSA) is 61.0 Å². The van der Waals surface area contributed by atoms with E-state index in [1.54, 1.807) is 21.8 Å². The minimum Gasteiger partial charge on any atom is -0.353 e. The van der Waals surface area contributed by atoms with Crippen molar-refractivity contribution in [3.8, 4) is 17.3 Å². The number of nitrogens with zero attached hydrogens (tertiary/aromatic N) is 6. The first-order chi connectivity index (χ1) is 12.7. The molecule has 2 aromatic heterocycles. The van der Waals surface area contributed by atoms with Crippen molar-refractivity contribution in [2.45, 2.75) is 32.1 Å². The Morgan fingerprint density at radius 2 is 2.11 bits per heavy atom. The standard InChI is InChI=1S/C18H21F3N6/c1-12-4-5-27(12)17-14(9-22)15(18(19,20)21)8-16(24-17)13-10-23-26(11-13)7-6-25(2)3/h8,10-12H,4-7H2,1-3H3/t12-/m0/s1. The Kier molecular flexibility index (Phi) is 5.11. The van der Waals surface area contributed by atoms with Crippen LogP contribution in [-0.2, 0) is 12.7 Å². The third kappa shape index (κ3) is 3.90. The summed E-state index contributed by atoms with van der Waals surface area (Å²) < 4.78 is 42.4. The van der Waals surface area contributed by atoms with Gasteiger partial charge in [-0.15, -0.1) is 0 Å². The van der Waals surface area contributed by atoms with E-state index in [4.69, 9.17) is 0 Å². The number of nitriles is 1. The summed E-state index contributed by atoms with van der Waals surface area (Å²) in [5, 5.41) is 13.6. The van der Waals surface area contributed by atoms with Crippen LogP contribution < -0.4 is 4.90 Å². The minimum absolute atomic E-state index is 0.0590. The molecule has 9 heteroatoms. The lowest BCUT2D eigenvalue weighted by Gasteiger charge is -2.40. The van der Waals surface area contributed by atoms with Gasteiger partial charge >= 0.3 is 6.18 Å². The molecule has 0 amide bonds. The summed E-state index contributed by atoms with van der Waals surface area (Å²) >= 11 is 0. The normalized spacial score (nSPS) is 17.1. The number of halogens is 3. The molecule has 27 heavy (non-hydrogen) atoms. The molecule has 1 atom stereocenters. The molecular weight excluding hydrogens is 357 g/mol. The fourth-order valence-electron chi connectivity index (χ4n) is 2.97. The van der Waals surface area contributed by atoms with E-state index in [2.05, 4.69) is 10.1 Å². The Labute approximate surface area is 155 Å². The zero-order valence-electron chi connectivity index (χ0n) is 15.5. The number of hydrogen-bond donors (Lipinski definition) is 0. The molecule has 3 rings (SSSR count). The molecule has 144 valence electrons. The van der Waals surface area contributed by atoms with Gasteiger partial charge in [0.15, 0.2) is 0 Å². The summed E-state index contributed by atoms with van der Waals surface area (Å²) in [4.78, 5) is 8.14. The molecule has 1 saturated heterocycles. The Hall–Kier alpha value is -2.60. The molecular formula is C18H21F3N6. The summed E-state index contributed by atoms with van der Waals surface area (Å²) in [6, 6.07) is 2.71. The van der Waals surface area contributed by atoms with E-state index in [0.29, 0.717) is 18.7 Å². The average Bonchev–Trinajstić information content (AvgIpc) is 3.06. The molecule has 6 nitrogen and oxygen atoms in total. The number of anilines is 1. The van der Waals surface area contributed by atoms with Crippen molar-refractivity contribution >= 4 is 5.82 Å². The third-order valence-corrected chi connectivity index (χ3v) is 4.71. The molecule has 1 aliphatic heterocycles. The molecule has 1 fully saturated rings. The van der Waals surface area contributed by atoms with Gasteiger partial charge in [-0.25, -0.2) is 4.98 Å². The van der Waals surface area contributed by atoms with E-state index in [9.17, 15) is 18.4 Å². The lowest BCUT2D eigenvalue weighted by Crippen LogP contribution is -2.46. The van der Waals surface area contributed by atoms with Gasteiger partial charge in [-0.3, -0.25) is 4.68 Å². The summed E-state index contributed by atoms with van der Waals surface area (Å²) in [6.45, 7) is 3.87. The van der Waals surface area contributed by atoms with Crippen molar-refractivity contribution in [3.05, 3.63) is 29.6 Å². The highest BCUT2D eigenvalue weighted by Gasteiger charge is 2.38. The Balaban J connectivity index is 2.06. The van der Waals surface area contributed by atoms with Gasteiger partial charge in [0.2, 0.25) is 0 Å². The Morgan fingerprint density at radius 3 is 2.63 bits per heavy atom. The van der Waals surface area contributed by atoms with Crippen LogP contribution in [0.1, 0.15) is 24.5 Å². The van der Waals surface area contributed by atoms with Crippen molar-refractivity contribution in [2.75, 3.05) is 32.1 Å². The third-order valence-electron chi connectivity index (χ3n) is 4.71. The highest BCUT2D eigenvalue weighted by molar-refractivity contribution is 5.68. The van der Waals surface area contributed by atoms with E-state index >= 15 is 0 Å². The van der Waals surface area contributed by atoms with Gasteiger partial charge in [0.25, 0.3) is 0 Å². The summed E-state index contributed by atoms with van der Waals surface area (Å²) in [5.41, 5.74) is -0.701. The van der Waals surface area contributed by atoms with E-state index in [0.717, 1.165) is 19.0 Å². The maximum Gasteiger partial charge on any atom is 0.417 e. The lowest BCUT2D eigenvalue weighted by molar-refractivity contribution is -0.137. The van der Waals surface area contributed by atoms with Gasteiger partial charge in [0, 0.05) is 30.9 Å². The summed E-state index contributed by atoms with van der Waals surface area (Å²) in [6.07, 6.45) is -0.581. The van der Waals surface area contributed by atoms with E-state index < -0.39 is 17.3 Å².